The van der Waals surface area contributed by atoms with Gasteiger partial charge >= 0.3 is 6.03 Å². The molecule has 142 valence electrons. The second-order valence-electron chi connectivity index (χ2n) is 6.79. The van der Waals surface area contributed by atoms with Crippen molar-refractivity contribution < 1.29 is 9.18 Å². The number of hydrogen-bond acceptors (Lipinski definition) is 2. The lowest BCUT2D eigenvalue weighted by molar-refractivity contribution is 0.208. The molecule has 1 aliphatic heterocycles. The number of amides is 2. The minimum atomic E-state index is -0.237. The van der Waals surface area contributed by atoms with Gasteiger partial charge in [0.25, 0.3) is 0 Å². The van der Waals surface area contributed by atoms with Gasteiger partial charge in [0.05, 0.1) is 5.69 Å². The summed E-state index contributed by atoms with van der Waals surface area (Å²) >= 11 is 0. The largest absolute Gasteiger partial charge is 0.368 e. The quantitative estimate of drug-likeness (QED) is 0.711. The van der Waals surface area contributed by atoms with Gasteiger partial charge in [-0.25, -0.2) is 9.18 Å². The predicted molar refractivity (Wildman–Crippen MR) is 111 cm³/mol. The zero-order valence-corrected chi connectivity index (χ0v) is 15.5. The monoisotopic (exact) mass is 375 g/mol. The van der Waals surface area contributed by atoms with Gasteiger partial charge in [0, 0.05) is 37.4 Å². The average molecular weight is 375 g/mol. The molecule has 4 rings (SSSR count). The molecule has 0 atom stereocenters. The molecule has 0 aromatic heterocycles. The van der Waals surface area contributed by atoms with Crippen molar-refractivity contribution in [3.8, 4) is 11.1 Å². The highest BCUT2D eigenvalue weighted by Gasteiger charge is 2.22. The van der Waals surface area contributed by atoms with Crippen LogP contribution in [0.4, 0.5) is 20.6 Å². The molecular formula is C23H22FN3O. The summed E-state index contributed by atoms with van der Waals surface area (Å²) < 4.78 is 13.1. The smallest absolute Gasteiger partial charge is 0.321 e. The fraction of sp³-hybridized carbons (Fsp3) is 0.174. The van der Waals surface area contributed by atoms with E-state index in [1.807, 2.05) is 59.5 Å². The van der Waals surface area contributed by atoms with Crippen LogP contribution in [-0.4, -0.2) is 37.1 Å². The van der Waals surface area contributed by atoms with E-state index >= 15 is 0 Å². The first-order valence-electron chi connectivity index (χ1n) is 9.41. The van der Waals surface area contributed by atoms with Gasteiger partial charge in [-0.05, 0) is 35.9 Å². The molecule has 0 saturated carbocycles. The first kappa shape index (κ1) is 18.0. The van der Waals surface area contributed by atoms with E-state index in [1.165, 1.54) is 12.1 Å². The van der Waals surface area contributed by atoms with Crippen LogP contribution < -0.4 is 10.2 Å². The first-order chi connectivity index (χ1) is 13.7. The second kappa shape index (κ2) is 8.13. The molecule has 2 amide bonds. The van der Waals surface area contributed by atoms with Gasteiger partial charge in [0.1, 0.15) is 5.82 Å². The molecule has 5 heteroatoms. The van der Waals surface area contributed by atoms with Crippen LogP contribution in [-0.2, 0) is 0 Å². The topological polar surface area (TPSA) is 35.6 Å². The summed E-state index contributed by atoms with van der Waals surface area (Å²) in [5.41, 5.74) is 3.86. The van der Waals surface area contributed by atoms with Gasteiger partial charge < -0.3 is 15.1 Å². The molecule has 0 aliphatic carbocycles. The molecule has 4 nitrogen and oxygen atoms in total. The summed E-state index contributed by atoms with van der Waals surface area (Å²) in [6.45, 7) is 2.69. The number of urea groups is 1. The van der Waals surface area contributed by atoms with Crippen molar-refractivity contribution in [1.82, 2.24) is 4.90 Å². The number of rotatable bonds is 3. The Labute approximate surface area is 164 Å². The summed E-state index contributed by atoms with van der Waals surface area (Å²) in [6, 6.07) is 24.3. The molecule has 0 radical (unpaired) electrons. The zero-order valence-electron chi connectivity index (χ0n) is 15.5. The summed E-state index contributed by atoms with van der Waals surface area (Å²) in [6.07, 6.45) is 0. The van der Waals surface area contributed by atoms with Gasteiger partial charge in [0.15, 0.2) is 0 Å². The number of carbonyl (C=O) groups is 1. The molecule has 1 saturated heterocycles. The molecule has 1 N–H and O–H groups in total. The van der Waals surface area contributed by atoms with E-state index in [4.69, 9.17) is 0 Å². The maximum absolute atomic E-state index is 13.1. The van der Waals surface area contributed by atoms with E-state index in [9.17, 15) is 9.18 Å². The van der Waals surface area contributed by atoms with Crippen molar-refractivity contribution in [2.75, 3.05) is 36.4 Å². The van der Waals surface area contributed by atoms with Crippen LogP contribution in [0.3, 0.4) is 0 Å². The Morgan fingerprint density at radius 2 is 1.43 bits per heavy atom. The Morgan fingerprint density at radius 1 is 0.786 bits per heavy atom. The van der Waals surface area contributed by atoms with Gasteiger partial charge in [-0.1, -0.05) is 48.5 Å². The second-order valence-corrected chi connectivity index (χ2v) is 6.79. The number of halogens is 1. The fourth-order valence-electron chi connectivity index (χ4n) is 3.48. The van der Waals surface area contributed by atoms with Crippen molar-refractivity contribution in [2.45, 2.75) is 0 Å². The van der Waals surface area contributed by atoms with E-state index < -0.39 is 0 Å². The van der Waals surface area contributed by atoms with Gasteiger partial charge in [-0.15, -0.1) is 0 Å². The summed E-state index contributed by atoms with van der Waals surface area (Å²) in [7, 11) is 0. The lowest BCUT2D eigenvalue weighted by Crippen LogP contribution is -2.50. The van der Waals surface area contributed by atoms with Crippen molar-refractivity contribution >= 4 is 17.4 Å². The third kappa shape index (κ3) is 3.98. The molecule has 3 aromatic carbocycles. The Balaban J connectivity index is 1.41. The molecule has 1 aliphatic rings. The third-order valence-electron chi connectivity index (χ3n) is 5.01. The summed E-state index contributed by atoms with van der Waals surface area (Å²) in [4.78, 5) is 16.8. The van der Waals surface area contributed by atoms with Gasteiger partial charge in [-0.3, -0.25) is 0 Å². The fourth-order valence-corrected chi connectivity index (χ4v) is 3.48. The number of piperazine rings is 1. The maximum Gasteiger partial charge on any atom is 0.321 e. The number of nitrogens with one attached hydrogen (secondary N) is 1. The zero-order chi connectivity index (χ0) is 19.3. The third-order valence-corrected chi connectivity index (χ3v) is 5.01. The van der Waals surface area contributed by atoms with E-state index in [2.05, 4.69) is 10.2 Å². The standard InChI is InChI=1S/C23H22FN3O/c24-19-10-12-20(13-11-19)26-14-16-27(17-15-26)23(28)25-22-9-5-4-8-21(22)18-6-2-1-3-7-18/h1-13H,14-17H2,(H,25,28). The van der Waals surface area contributed by atoms with Crippen LogP contribution in [0.25, 0.3) is 11.1 Å². The van der Waals surface area contributed by atoms with Gasteiger partial charge in [-0.2, -0.15) is 0 Å². The number of hydrogen-bond donors (Lipinski definition) is 1. The number of anilines is 2. The molecule has 28 heavy (non-hydrogen) atoms. The SMILES string of the molecule is O=C(Nc1ccccc1-c1ccccc1)N1CCN(c2ccc(F)cc2)CC1. The molecule has 1 fully saturated rings. The number of para-hydroxylation sites is 1. The first-order valence-corrected chi connectivity index (χ1v) is 9.41. The van der Waals surface area contributed by atoms with Crippen molar-refractivity contribution in [3.05, 3.63) is 84.7 Å². The van der Waals surface area contributed by atoms with E-state index in [-0.39, 0.29) is 11.8 Å². The molecule has 0 bridgehead atoms. The highest BCUT2D eigenvalue weighted by molar-refractivity contribution is 5.94. The van der Waals surface area contributed by atoms with E-state index in [0.717, 1.165) is 35.6 Å². The molecule has 0 unspecified atom stereocenters. The van der Waals surface area contributed by atoms with Crippen molar-refractivity contribution in [3.63, 3.8) is 0 Å². The van der Waals surface area contributed by atoms with Crippen LogP contribution in [0.5, 0.6) is 0 Å². The van der Waals surface area contributed by atoms with Crippen LogP contribution in [0.1, 0.15) is 0 Å². The Bertz CT molecular complexity index is 936. The van der Waals surface area contributed by atoms with E-state index in [0.29, 0.717) is 13.1 Å². The maximum atomic E-state index is 13.1. The van der Waals surface area contributed by atoms with Crippen molar-refractivity contribution in [2.24, 2.45) is 0 Å². The molecule has 1 heterocycles. The summed E-state index contributed by atoms with van der Waals surface area (Å²) in [5, 5.41) is 3.06. The Kier molecular flexibility index (Phi) is 5.24. The van der Waals surface area contributed by atoms with Gasteiger partial charge in [0.2, 0.25) is 0 Å². The van der Waals surface area contributed by atoms with Crippen LogP contribution in [0.2, 0.25) is 0 Å². The van der Waals surface area contributed by atoms with Crippen LogP contribution in [0, 0.1) is 5.82 Å². The Hall–Kier alpha value is -3.34. The van der Waals surface area contributed by atoms with E-state index in [1.54, 1.807) is 12.1 Å². The van der Waals surface area contributed by atoms with Crippen LogP contribution >= 0.6 is 0 Å². The molecule has 3 aromatic rings. The average Bonchev–Trinajstić information content (AvgIpc) is 2.75. The number of benzene rings is 3. The highest BCUT2D eigenvalue weighted by atomic mass is 19.1. The number of nitrogens with zero attached hydrogens (tertiary/aromatic N) is 2. The lowest BCUT2D eigenvalue weighted by Gasteiger charge is -2.36. The minimum Gasteiger partial charge on any atom is -0.368 e. The Morgan fingerprint density at radius 3 is 2.14 bits per heavy atom. The highest BCUT2D eigenvalue weighted by Crippen LogP contribution is 2.28. The lowest BCUT2D eigenvalue weighted by atomic mass is 10.0. The van der Waals surface area contributed by atoms with Crippen molar-refractivity contribution in [1.29, 1.82) is 0 Å². The normalized spacial score (nSPS) is 14.0. The molecular weight excluding hydrogens is 353 g/mol. The summed E-state index contributed by atoms with van der Waals surface area (Å²) in [5.74, 6) is -0.237. The minimum absolute atomic E-state index is 0.0952. The number of carbonyl (C=O) groups excluding carboxylic acids is 1. The van der Waals surface area contributed by atoms with Crippen LogP contribution in [0.15, 0.2) is 78.9 Å². The predicted octanol–water partition coefficient (Wildman–Crippen LogP) is 4.85. The molecule has 0 spiro atoms.